The van der Waals surface area contributed by atoms with Crippen molar-refractivity contribution in [3.63, 3.8) is 0 Å². The smallest absolute Gasteiger partial charge is 0.191 e. The van der Waals surface area contributed by atoms with Gasteiger partial charge in [0.15, 0.2) is 5.96 Å². The van der Waals surface area contributed by atoms with Crippen LogP contribution in [0.2, 0.25) is 0 Å². The average Bonchev–Trinajstić information content (AvgIpc) is 2.56. The van der Waals surface area contributed by atoms with Crippen LogP contribution >= 0.6 is 0 Å². The number of guanidine groups is 1. The molecule has 25 heavy (non-hydrogen) atoms. The van der Waals surface area contributed by atoms with Gasteiger partial charge < -0.3 is 20.1 Å². The van der Waals surface area contributed by atoms with Gasteiger partial charge in [-0.2, -0.15) is 0 Å². The number of hydrogen-bond donors (Lipinski definition) is 2. The summed E-state index contributed by atoms with van der Waals surface area (Å²) in [6.45, 7) is 17.4. The van der Waals surface area contributed by atoms with Crippen molar-refractivity contribution in [1.82, 2.24) is 15.5 Å². The van der Waals surface area contributed by atoms with Crippen LogP contribution in [-0.2, 0) is 9.47 Å². The quantitative estimate of drug-likeness (QED) is 0.463. The minimum absolute atomic E-state index is 0.220. The largest absolute Gasteiger partial charge is 0.378 e. The van der Waals surface area contributed by atoms with E-state index in [1.54, 1.807) is 0 Å². The highest BCUT2D eigenvalue weighted by molar-refractivity contribution is 5.79. The molecule has 1 fully saturated rings. The van der Waals surface area contributed by atoms with Gasteiger partial charge in [0, 0.05) is 46.4 Å². The summed E-state index contributed by atoms with van der Waals surface area (Å²) in [4.78, 5) is 6.80. The van der Waals surface area contributed by atoms with Gasteiger partial charge in [-0.25, -0.2) is 0 Å². The number of morpholine rings is 1. The molecule has 0 aromatic rings. The molecule has 0 spiro atoms. The van der Waals surface area contributed by atoms with Crippen molar-refractivity contribution in [2.75, 3.05) is 53.0 Å². The molecule has 6 heteroatoms. The van der Waals surface area contributed by atoms with Crippen molar-refractivity contribution in [3.05, 3.63) is 0 Å². The summed E-state index contributed by atoms with van der Waals surface area (Å²) < 4.78 is 11.7. The summed E-state index contributed by atoms with van der Waals surface area (Å²) in [6.07, 6.45) is 1.49. The van der Waals surface area contributed by atoms with Gasteiger partial charge in [0.05, 0.1) is 18.8 Å². The summed E-state index contributed by atoms with van der Waals surface area (Å²) in [5, 5.41) is 6.78. The first-order valence-electron chi connectivity index (χ1n) is 9.86. The predicted octanol–water partition coefficient (Wildman–Crippen LogP) is 1.96. The van der Waals surface area contributed by atoms with Crippen molar-refractivity contribution in [3.8, 4) is 0 Å². The minimum atomic E-state index is 0.220. The van der Waals surface area contributed by atoms with E-state index in [1.807, 2.05) is 7.05 Å². The standard InChI is InChI=1S/C19H40N4O2/c1-7-24-18(16(4)5)8-9-21-19(20-6)22-12-17-14-23(10-11-25-17)13-15(2)3/h15-18H,7-14H2,1-6H3,(H2,20,21,22). The van der Waals surface area contributed by atoms with Crippen LogP contribution in [0.25, 0.3) is 0 Å². The number of nitrogens with one attached hydrogen (secondary N) is 2. The Labute approximate surface area is 154 Å². The van der Waals surface area contributed by atoms with Crippen molar-refractivity contribution < 1.29 is 9.47 Å². The molecule has 148 valence electrons. The fraction of sp³-hybridized carbons (Fsp3) is 0.947. The SMILES string of the molecule is CCOC(CCNC(=NC)NCC1CN(CC(C)C)CCO1)C(C)C. The van der Waals surface area contributed by atoms with Crippen LogP contribution in [0.3, 0.4) is 0 Å². The molecule has 2 atom stereocenters. The molecule has 0 bridgehead atoms. The predicted molar refractivity (Wildman–Crippen MR) is 105 cm³/mol. The van der Waals surface area contributed by atoms with Gasteiger partial charge in [-0.3, -0.25) is 9.89 Å². The molecule has 2 unspecified atom stereocenters. The summed E-state index contributed by atoms with van der Waals surface area (Å²) in [5.41, 5.74) is 0. The number of nitrogens with zero attached hydrogens (tertiary/aromatic N) is 2. The molecule has 2 N–H and O–H groups in total. The highest BCUT2D eigenvalue weighted by Gasteiger charge is 2.21. The summed E-state index contributed by atoms with van der Waals surface area (Å²) in [7, 11) is 1.81. The molecule has 0 aliphatic carbocycles. The van der Waals surface area contributed by atoms with E-state index in [4.69, 9.17) is 9.47 Å². The zero-order chi connectivity index (χ0) is 18.7. The molecule has 6 nitrogen and oxygen atoms in total. The third-order valence-corrected chi connectivity index (χ3v) is 4.41. The lowest BCUT2D eigenvalue weighted by atomic mass is 10.0. The molecule has 0 aromatic carbocycles. The van der Waals surface area contributed by atoms with E-state index in [9.17, 15) is 0 Å². The van der Waals surface area contributed by atoms with Gasteiger partial charge in [-0.15, -0.1) is 0 Å². The fourth-order valence-corrected chi connectivity index (χ4v) is 3.17. The third kappa shape index (κ3) is 9.42. The number of rotatable bonds is 10. The topological polar surface area (TPSA) is 58.1 Å². The first kappa shape index (κ1) is 22.2. The van der Waals surface area contributed by atoms with Gasteiger partial charge >= 0.3 is 0 Å². The monoisotopic (exact) mass is 356 g/mol. The van der Waals surface area contributed by atoms with Crippen molar-refractivity contribution in [2.24, 2.45) is 16.8 Å². The molecule has 1 aliphatic rings. The molecule has 0 saturated carbocycles. The first-order valence-corrected chi connectivity index (χ1v) is 9.86. The second-order valence-corrected chi connectivity index (χ2v) is 7.55. The van der Waals surface area contributed by atoms with E-state index in [2.05, 4.69) is 55.1 Å². The minimum Gasteiger partial charge on any atom is -0.378 e. The average molecular weight is 357 g/mol. The van der Waals surface area contributed by atoms with Crippen LogP contribution in [-0.4, -0.2) is 76.1 Å². The van der Waals surface area contributed by atoms with E-state index < -0.39 is 0 Å². The van der Waals surface area contributed by atoms with Gasteiger partial charge in [0.25, 0.3) is 0 Å². The van der Waals surface area contributed by atoms with E-state index in [0.29, 0.717) is 17.9 Å². The lowest BCUT2D eigenvalue weighted by Gasteiger charge is -2.34. The first-order chi connectivity index (χ1) is 12.0. The van der Waals surface area contributed by atoms with Crippen molar-refractivity contribution in [1.29, 1.82) is 0 Å². The van der Waals surface area contributed by atoms with Gasteiger partial charge in [-0.05, 0) is 25.2 Å². The summed E-state index contributed by atoms with van der Waals surface area (Å²) in [5.74, 6) is 2.06. The second-order valence-electron chi connectivity index (χ2n) is 7.55. The number of hydrogen-bond acceptors (Lipinski definition) is 4. The second kappa shape index (κ2) is 12.5. The Bertz CT molecular complexity index is 374. The maximum atomic E-state index is 5.88. The van der Waals surface area contributed by atoms with Gasteiger partial charge in [-0.1, -0.05) is 27.7 Å². The number of aliphatic imine (C=N–C) groups is 1. The maximum absolute atomic E-state index is 5.88. The Kier molecular flexibility index (Phi) is 11.1. The van der Waals surface area contributed by atoms with Crippen LogP contribution in [0.4, 0.5) is 0 Å². The molecule has 1 rings (SSSR count). The Morgan fingerprint density at radius 2 is 2.04 bits per heavy atom. The fourth-order valence-electron chi connectivity index (χ4n) is 3.17. The Morgan fingerprint density at radius 1 is 1.28 bits per heavy atom. The molecule has 1 heterocycles. The molecular formula is C19H40N4O2. The highest BCUT2D eigenvalue weighted by Crippen LogP contribution is 2.10. The zero-order valence-corrected chi connectivity index (χ0v) is 17.2. The lowest BCUT2D eigenvalue weighted by molar-refractivity contribution is -0.0284. The third-order valence-electron chi connectivity index (χ3n) is 4.41. The van der Waals surface area contributed by atoms with Crippen LogP contribution in [0.1, 0.15) is 41.0 Å². The number of ether oxygens (including phenoxy) is 2. The van der Waals surface area contributed by atoms with E-state index in [1.165, 1.54) is 0 Å². The van der Waals surface area contributed by atoms with Gasteiger partial charge in [0.2, 0.25) is 0 Å². The van der Waals surface area contributed by atoms with Crippen LogP contribution in [0.15, 0.2) is 4.99 Å². The molecule has 0 amide bonds. The van der Waals surface area contributed by atoms with E-state index in [-0.39, 0.29) is 6.10 Å². The van der Waals surface area contributed by atoms with Crippen molar-refractivity contribution in [2.45, 2.75) is 53.2 Å². The van der Waals surface area contributed by atoms with Crippen molar-refractivity contribution >= 4 is 5.96 Å². The molecule has 1 saturated heterocycles. The van der Waals surface area contributed by atoms with Crippen LogP contribution in [0, 0.1) is 11.8 Å². The van der Waals surface area contributed by atoms with E-state index >= 15 is 0 Å². The summed E-state index contributed by atoms with van der Waals surface area (Å²) in [6, 6.07) is 0. The summed E-state index contributed by atoms with van der Waals surface area (Å²) >= 11 is 0. The zero-order valence-electron chi connectivity index (χ0n) is 17.2. The molecule has 0 aromatic heterocycles. The molecule has 0 radical (unpaired) electrons. The van der Waals surface area contributed by atoms with Crippen LogP contribution in [0.5, 0.6) is 0 Å². The maximum Gasteiger partial charge on any atom is 0.191 e. The normalized spacial score (nSPS) is 21.0. The van der Waals surface area contributed by atoms with E-state index in [0.717, 1.165) is 58.3 Å². The molecular weight excluding hydrogens is 316 g/mol. The van der Waals surface area contributed by atoms with Crippen LogP contribution < -0.4 is 10.6 Å². The Balaban J connectivity index is 2.29. The highest BCUT2D eigenvalue weighted by atomic mass is 16.5. The Morgan fingerprint density at radius 3 is 2.64 bits per heavy atom. The molecule has 1 aliphatic heterocycles. The van der Waals surface area contributed by atoms with Gasteiger partial charge in [0.1, 0.15) is 0 Å². The lowest BCUT2D eigenvalue weighted by Crippen LogP contribution is -2.50. The Hall–Kier alpha value is -0.850.